The normalized spacial score (nSPS) is 11.2. The number of anilines is 3. The number of carbonyl (C=O) groups is 1. The third-order valence-electron chi connectivity index (χ3n) is 3.37. The van der Waals surface area contributed by atoms with Gasteiger partial charge in [-0.2, -0.15) is 0 Å². The van der Waals surface area contributed by atoms with Crippen LogP contribution in [0.2, 0.25) is 0 Å². The molecule has 1 amide bonds. The lowest BCUT2D eigenvalue weighted by Crippen LogP contribution is -2.15. The zero-order valence-corrected chi connectivity index (χ0v) is 16.3. The Morgan fingerprint density at radius 2 is 1.96 bits per heavy atom. The lowest BCUT2D eigenvalue weighted by molar-refractivity contribution is 0.102. The van der Waals surface area contributed by atoms with Gasteiger partial charge in [-0.05, 0) is 26.0 Å². The number of thiazole rings is 1. The number of hydrogen-bond donors (Lipinski definition) is 2. The summed E-state index contributed by atoms with van der Waals surface area (Å²) < 4.78 is 23.4. The molecule has 11 heteroatoms. The molecule has 140 valence electrons. The average molecular weight is 404 g/mol. The van der Waals surface area contributed by atoms with Crippen LogP contribution >= 0.6 is 11.3 Å². The molecule has 0 fully saturated rings. The van der Waals surface area contributed by atoms with E-state index in [1.54, 1.807) is 26.1 Å². The standard InChI is InChI=1S/C16H16N6O3S2/c1-9-18-5-4-13(19-9)22-15(23)14-16(26-10(2)20-14)21-11-6-12(8-17-7-11)27(3,24)25/h4-8,21H,1-3H3,(H,18,19,22,23). The summed E-state index contributed by atoms with van der Waals surface area (Å²) in [7, 11) is -3.39. The van der Waals surface area contributed by atoms with Crippen LogP contribution in [0.3, 0.4) is 0 Å². The number of nitrogens with zero attached hydrogens (tertiary/aromatic N) is 4. The zero-order chi connectivity index (χ0) is 19.6. The molecule has 0 saturated carbocycles. The molecular formula is C16H16N6O3S2. The van der Waals surface area contributed by atoms with Crippen LogP contribution in [0.25, 0.3) is 0 Å². The van der Waals surface area contributed by atoms with Gasteiger partial charge in [0.05, 0.1) is 21.8 Å². The van der Waals surface area contributed by atoms with Crippen molar-refractivity contribution in [1.82, 2.24) is 19.9 Å². The first-order valence-electron chi connectivity index (χ1n) is 7.73. The van der Waals surface area contributed by atoms with Crippen LogP contribution in [-0.4, -0.2) is 40.5 Å². The van der Waals surface area contributed by atoms with E-state index < -0.39 is 15.7 Å². The molecule has 0 aliphatic heterocycles. The Morgan fingerprint density at radius 3 is 2.67 bits per heavy atom. The number of aromatic nitrogens is 4. The fourth-order valence-corrected chi connectivity index (χ4v) is 3.62. The van der Waals surface area contributed by atoms with Gasteiger partial charge in [0.15, 0.2) is 15.5 Å². The van der Waals surface area contributed by atoms with E-state index in [0.29, 0.717) is 27.3 Å². The maximum Gasteiger partial charge on any atom is 0.278 e. The number of nitrogens with one attached hydrogen (secondary N) is 2. The average Bonchev–Trinajstić information content (AvgIpc) is 2.95. The highest BCUT2D eigenvalue weighted by molar-refractivity contribution is 7.90. The summed E-state index contributed by atoms with van der Waals surface area (Å²) >= 11 is 1.27. The Kier molecular flexibility index (Phi) is 5.15. The molecule has 0 atom stereocenters. The van der Waals surface area contributed by atoms with Gasteiger partial charge in [0.25, 0.3) is 5.91 Å². The van der Waals surface area contributed by atoms with Crippen molar-refractivity contribution < 1.29 is 13.2 Å². The number of amides is 1. The van der Waals surface area contributed by atoms with Crippen molar-refractivity contribution >= 4 is 43.6 Å². The van der Waals surface area contributed by atoms with Gasteiger partial charge >= 0.3 is 0 Å². The SMILES string of the molecule is Cc1nccc(NC(=O)c2nc(C)sc2Nc2cncc(S(C)(=O)=O)c2)n1. The van der Waals surface area contributed by atoms with Gasteiger partial charge in [0.2, 0.25) is 0 Å². The van der Waals surface area contributed by atoms with Crippen molar-refractivity contribution in [2.45, 2.75) is 18.7 Å². The lowest BCUT2D eigenvalue weighted by Gasteiger charge is -2.08. The van der Waals surface area contributed by atoms with Gasteiger partial charge in [0.1, 0.15) is 16.6 Å². The summed E-state index contributed by atoms with van der Waals surface area (Å²) in [5, 5.41) is 6.85. The van der Waals surface area contributed by atoms with Crippen LogP contribution in [0, 0.1) is 13.8 Å². The van der Waals surface area contributed by atoms with Gasteiger partial charge in [-0.25, -0.2) is 23.4 Å². The minimum absolute atomic E-state index is 0.0798. The summed E-state index contributed by atoms with van der Waals surface area (Å²) in [6.45, 7) is 3.49. The minimum atomic E-state index is -3.39. The number of hydrogen-bond acceptors (Lipinski definition) is 9. The van der Waals surface area contributed by atoms with Crippen LogP contribution < -0.4 is 10.6 Å². The summed E-state index contributed by atoms with van der Waals surface area (Å²) in [5.74, 6) is 0.460. The highest BCUT2D eigenvalue weighted by atomic mass is 32.2. The molecule has 9 nitrogen and oxygen atoms in total. The van der Waals surface area contributed by atoms with E-state index in [1.165, 1.54) is 29.8 Å². The van der Waals surface area contributed by atoms with E-state index >= 15 is 0 Å². The molecule has 0 bridgehead atoms. The van der Waals surface area contributed by atoms with Crippen LogP contribution in [0.5, 0.6) is 0 Å². The second-order valence-corrected chi connectivity index (χ2v) is 8.88. The third-order valence-corrected chi connectivity index (χ3v) is 5.33. The molecule has 2 N–H and O–H groups in total. The van der Waals surface area contributed by atoms with Crippen LogP contribution in [0.15, 0.2) is 35.6 Å². The van der Waals surface area contributed by atoms with Crippen LogP contribution in [-0.2, 0) is 9.84 Å². The van der Waals surface area contributed by atoms with E-state index in [2.05, 4.69) is 30.6 Å². The van der Waals surface area contributed by atoms with E-state index in [1.807, 2.05) is 0 Å². The predicted octanol–water partition coefficient (Wildman–Crippen LogP) is 2.34. The summed E-state index contributed by atoms with van der Waals surface area (Å²) in [6.07, 6.45) is 5.39. The molecule has 0 saturated heterocycles. The predicted molar refractivity (Wildman–Crippen MR) is 102 cm³/mol. The van der Waals surface area contributed by atoms with Gasteiger partial charge in [-0.1, -0.05) is 0 Å². The van der Waals surface area contributed by atoms with E-state index in [4.69, 9.17) is 0 Å². The van der Waals surface area contributed by atoms with Crippen molar-refractivity contribution in [2.24, 2.45) is 0 Å². The van der Waals surface area contributed by atoms with Gasteiger partial charge in [0, 0.05) is 18.6 Å². The maximum atomic E-state index is 12.6. The highest BCUT2D eigenvalue weighted by Gasteiger charge is 2.19. The summed E-state index contributed by atoms with van der Waals surface area (Å²) in [4.78, 5) is 29.0. The van der Waals surface area contributed by atoms with Gasteiger partial charge < -0.3 is 10.6 Å². The fourth-order valence-electron chi connectivity index (χ4n) is 2.19. The monoisotopic (exact) mass is 404 g/mol. The summed E-state index contributed by atoms with van der Waals surface area (Å²) in [6, 6.07) is 3.03. The first kappa shape index (κ1) is 18.9. The van der Waals surface area contributed by atoms with Crippen molar-refractivity contribution in [2.75, 3.05) is 16.9 Å². The first-order chi connectivity index (χ1) is 12.7. The Labute approximate surface area is 159 Å². The number of rotatable bonds is 5. The molecule has 3 aromatic heterocycles. The molecule has 0 spiro atoms. The Morgan fingerprint density at radius 1 is 1.19 bits per heavy atom. The fraction of sp³-hybridized carbons (Fsp3) is 0.188. The highest BCUT2D eigenvalue weighted by Crippen LogP contribution is 2.29. The maximum absolute atomic E-state index is 12.6. The minimum Gasteiger partial charge on any atom is -0.344 e. The van der Waals surface area contributed by atoms with Gasteiger partial charge in [-0.15, -0.1) is 11.3 Å². The van der Waals surface area contributed by atoms with Crippen molar-refractivity contribution in [3.8, 4) is 0 Å². The smallest absolute Gasteiger partial charge is 0.278 e. The van der Waals surface area contributed by atoms with Crippen LogP contribution in [0.4, 0.5) is 16.5 Å². The van der Waals surface area contributed by atoms with E-state index in [9.17, 15) is 13.2 Å². The first-order valence-corrected chi connectivity index (χ1v) is 10.4. The Balaban J connectivity index is 1.87. The number of aryl methyl sites for hydroxylation is 2. The topological polar surface area (TPSA) is 127 Å². The van der Waals surface area contributed by atoms with E-state index in [0.717, 1.165) is 6.26 Å². The molecular weight excluding hydrogens is 388 g/mol. The van der Waals surface area contributed by atoms with Gasteiger partial charge in [-0.3, -0.25) is 9.78 Å². The molecule has 27 heavy (non-hydrogen) atoms. The number of pyridine rings is 1. The summed E-state index contributed by atoms with van der Waals surface area (Å²) in [5.41, 5.74) is 0.618. The molecule has 3 heterocycles. The second-order valence-electron chi connectivity index (χ2n) is 5.66. The van der Waals surface area contributed by atoms with Crippen molar-refractivity contribution in [1.29, 1.82) is 0 Å². The zero-order valence-electron chi connectivity index (χ0n) is 14.7. The molecule has 0 unspecified atom stereocenters. The van der Waals surface area contributed by atoms with Crippen molar-refractivity contribution in [3.05, 3.63) is 47.2 Å². The number of sulfone groups is 1. The second kappa shape index (κ2) is 7.37. The van der Waals surface area contributed by atoms with E-state index in [-0.39, 0.29) is 10.6 Å². The number of carbonyl (C=O) groups excluding carboxylic acids is 1. The molecule has 0 aliphatic carbocycles. The molecule has 3 rings (SSSR count). The molecule has 0 radical (unpaired) electrons. The Hall–Kier alpha value is -2.92. The van der Waals surface area contributed by atoms with Crippen LogP contribution in [0.1, 0.15) is 21.3 Å². The quantitative estimate of drug-likeness (QED) is 0.663. The Bertz CT molecular complexity index is 1110. The van der Waals surface area contributed by atoms with Crippen molar-refractivity contribution in [3.63, 3.8) is 0 Å². The lowest BCUT2D eigenvalue weighted by atomic mass is 10.3. The molecule has 0 aromatic carbocycles. The molecule has 3 aromatic rings. The third kappa shape index (κ3) is 4.63. The largest absolute Gasteiger partial charge is 0.344 e. The molecule has 0 aliphatic rings.